The largest absolute Gasteiger partial charge is 0.478 e. The van der Waals surface area contributed by atoms with Crippen LogP contribution in [-0.2, 0) is 30.3 Å². The molecule has 1 fully saturated rings. The van der Waals surface area contributed by atoms with E-state index in [0.29, 0.717) is 24.3 Å². The van der Waals surface area contributed by atoms with E-state index in [1.54, 1.807) is 0 Å². The number of carbonyl (C=O) groups is 4. The Labute approximate surface area is 274 Å². The normalized spacial score (nSPS) is 13.4. The summed E-state index contributed by atoms with van der Waals surface area (Å²) in [6.45, 7) is 7.54. The Hall–Kier alpha value is -5.10. The van der Waals surface area contributed by atoms with Crippen LogP contribution in [-0.4, -0.2) is 100.0 Å². The number of piperazine rings is 1. The Bertz CT molecular complexity index is 1300. The molecule has 0 unspecified atom stereocenters. The van der Waals surface area contributed by atoms with Crippen molar-refractivity contribution in [1.82, 2.24) is 9.80 Å². The highest BCUT2D eigenvalue weighted by Crippen LogP contribution is 2.25. The molecule has 4 rings (SSSR count). The van der Waals surface area contributed by atoms with Gasteiger partial charge in [-0.15, -0.1) is 0 Å². The van der Waals surface area contributed by atoms with Crippen LogP contribution in [0.1, 0.15) is 29.2 Å². The Morgan fingerprint density at radius 1 is 0.574 bits per heavy atom. The molecule has 1 saturated heterocycles. The Morgan fingerprint density at radius 3 is 1.32 bits per heavy atom. The third-order valence-electron chi connectivity index (χ3n) is 6.88. The average Bonchev–Trinajstić information content (AvgIpc) is 3.07. The number of nitrogens with zero attached hydrogens (tertiary/aromatic N) is 2. The lowest BCUT2D eigenvalue weighted by atomic mass is 10.0. The summed E-state index contributed by atoms with van der Waals surface area (Å²) < 4.78 is 6.40. The molecule has 11 heteroatoms. The molecule has 3 aromatic rings. The van der Waals surface area contributed by atoms with Crippen molar-refractivity contribution < 1.29 is 44.3 Å². The monoisotopic (exact) mass is 646 g/mol. The first kappa shape index (κ1) is 38.1. The molecule has 0 bridgehead atoms. The van der Waals surface area contributed by atoms with E-state index in [1.807, 2.05) is 0 Å². The van der Waals surface area contributed by atoms with Gasteiger partial charge in [-0.05, 0) is 36.1 Å². The van der Waals surface area contributed by atoms with Gasteiger partial charge in [-0.2, -0.15) is 0 Å². The fourth-order valence-corrected chi connectivity index (χ4v) is 4.61. The fraction of sp³-hybridized carbons (Fsp3) is 0.278. The van der Waals surface area contributed by atoms with Crippen molar-refractivity contribution in [2.75, 3.05) is 45.9 Å². The predicted octanol–water partition coefficient (Wildman–Crippen LogP) is 4.47. The van der Waals surface area contributed by atoms with E-state index in [0.717, 1.165) is 39.3 Å². The van der Waals surface area contributed by atoms with E-state index in [4.69, 9.17) is 25.2 Å². The van der Waals surface area contributed by atoms with Crippen molar-refractivity contribution in [1.29, 1.82) is 0 Å². The molecule has 0 saturated carbocycles. The van der Waals surface area contributed by atoms with Gasteiger partial charge in [0.1, 0.15) is 6.10 Å². The molecule has 3 aromatic carbocycles. The molecule has 47 heavy (non-hydrogen) atoms. The minimum atomic E-state index is -1.26. The molecule has 4 N–H and O–H groups in total. The van der Waals surface area contributed by atoms with Crippen LogP contribution in [0.3, 0.4) is 0 Å². The van der Waals surface area contributed by atoms with Gasteiger partial charge in [-0.25, -0.2) is 19.2 Å². The zero-order valence-electron chi connectivity index (χ0n) is 26.1. The second kappa shape index (κ2) is 22.4. The molecular weight excluding hydrogens is 604 g/mol. The van der Waals surface area contributed by atoms with E-state index in [2.05, 4.69) is 101 Å². The molecular formula is C36H42N2O9. The summed E-state index contributed by atoms with van der Waals surface area (Å²) in [5, 5.41) is 31.2. The van der Waals surface area contributed by atoms with Gasteiger partial charge in [0.15, 0.2) is 0 Å². The Balaban J connectivity index is 0.000000397. The number of aliphatic carboxylic acids is 4. The smallest absolute Gasteiger partial charge is 0.328 e. The number of hydrogen-bond donors (Lipinski definition) is 4. The minimum Gasteiger partial charge on any atom is -0.478 e. The van der Waals surface area contributed by atoms with Crippen molar-refractivity contribution in [2.45, 2.75) is 18.9 Å². The van der Waals surface area contributed by atoms with Crippen molar-refractivity contribution in [3.8, 4) is 0 Å². The first-order chi connectivity index (χ1) is 22.6. The first-order valence-electron chi connectivity index (χ1n) is 15.1. The molecule has 1 aliphatic rings. The summed E-state index contributed by atoms with van der Waals surface area (Å²) in [5.41, 5.74) is 3.89. The van der Waals surface area contributed by atoms with Gasteiger partial charge in [0, 0.05) is 57.0 Å². The summed E-state index contributed by atoms with van der Waals surface area (Å²) in [5.74, 6) is -5.03. The summed E-state index contributed by atoms with van der Waals surface area (Å²) >= 11 is 0. The number of carboxylic acids is 4. The molecule has 0 amide bonds. The van der Waals surface area contributed by atoms with Crippen LogP contribution in [0.15, 0.2) is 115 Å². The van der Waals surface area contributed by atoms with Crippen LogP contribution < -0.4 is 0 Å². The lowest BCUT2D eigenvalue weighted by Crippen LogP contribution is -2.47. The minimum absolute atomic E-state index is 0.00155. The molecule has 0 atom stereocenters. The number of ether oxygens (including phenoxy) is 1. The quantitative estimate of drug-likeness (QED) is 0.183. The number of benzene rings is 3. The lowest BCUT2D eigenvalue weighted by molar-refractivity contribution is -0.134. The number of aryl methyl sites for hydroxylation is 1. The van der Waals surface area contributed by atoms with Crippen LogP contribution in [0, 0.1) is 0 Å². The third kappa shape index (κ3) is 17.8. The Morgan fingerprint density at radius 2 is 0.936 bits per heavy atom. The van der Waals surface area contributed by atoms with Crippen molar-refractivity contribution >= 4 is 23.9 Å². The van der Waals surface area contributed by atoms with E-state index in [1.165, 1.54) is 36.1 Å². The van der Waals surface area contributed by atoms with Crippen LogP contribution in [0.4, 0.5) is 0 Å². The van der Waals surface area contributed by atoms with Gasteiger partial charge in [-0.1, -0.05) is 91.0 Å². The third-order valence-corrected chi connectivity index (χ3v) is 6.88. The number of hydrogen-bond acceptors (Lipinski definition) is 7. The molecule has 1 heterocycles. The highest BCUT2D eigenvalue weighted by molar-refractivity contribution is 5.90. The molecule has 0 spiro atoms. The summed E-state index contributed by atoms with van der Waals surface area (Å²) in [7, 11) is 0. The van der Waals surface area contributed by atoms with Crippen molar-refractivity contribution in [3.63, 3.8) is 0 Å². The molecule has 0 aliphatic carbocycles. The maximum absolute atomic E-state index is 9.55. The van der Waals surface area contributed by atoms with Crippen LogP contribution in [0.2, 0.25) is 0 Å². The number of rotatable bonds is 14. The van der Waals surface area contributed by atoms with Crippen molar-refractivity contribution in [2.24, 2.45) is 0 Å². The van der Waals surface area contributed by atoms with Gasteiger partial charge in [-0.3, -0.25) is 4.90 Å². The molecule has 11 nitrogen and oxygen atoms in total. The first-order valence-corrected chi connectivity index (χ1v) is 15.1. The van der Waals surface area contributed by atoms with E-state index < -0.39 is 23.9 Å². The second-order valence-corrected chi connectivity index (χ2v) is 10.4. The molecule has 1 aliphatic heterocycles. The highest BCUT2D eigenvalue weighted by atomic mass is 16.5. The zero-order valence-corrected chi connectivity index (χ0v) is 26.1. The van der Waals surface area contributed by atoms with Gasteiger partial charge in [0.25, 0.3) is 0 Å². The van der Waals surface area contributed by atoms with Gasteiger partial charge in [0.2, 0.25) is 0 Å². The van der Waals surface area contributed by atoms with Gasteiger partial charge >= 0.3 is 23.9 Å². The van der Waals surface area contributed by atoms with Gasteiger partial charge < -0.3 is 30.1 Å². The fourth-order valence-electron chi connectivity index (χ4n) is 4.61. The maximum atomic E-state index is 9.55. The predicted molar refractivity (Wildman–Crippen MR) is 177 cm³/mol. The number of carboxylic acid groups (broad SMARTS) is 4. The van der Waals surface area contributed by atoms with Crippen molar-refractivity contribution in [3.05, 3.63) is 132 Å². The van der Waals surface area contributed by atoms with Crippen LogP contribution in [0.25, 0.3) is 0 Å². The standard InChI is InChI=1S/C28H34N2O.2C4H4O4/c1-4-11-25(12-5-1)13-10-18-29-19-21-30(22-20-29)23-24-31-28(26-14-6-2-7-15-26)27-16-8-3-9-17-27;2*5-3(6)1-2-4(7)8/h1-9,11-12,14-17,28H,10,13,18-24H2;2*1-2H,(H,5,6)(H,7,8)/b;2*2-1-. The van der Waals surface area contributed by atoms with E-state index in [9.17, 15) is 19.2 Å². The molecule has 0 aromatic heterocycles. The topological polar surface area (TPSA) is 165 Å². The average molecular weight is 647 g/mol. The highest BCUT2D eigenvalue weighted by Gasteiger charge is 2.18. The molecule has 250 valence electrons. The molecule has 0 radical (unpaired) electrons. The lowest BCUT2D eigenvalue weighted by Gasteiger charge is -2.35. The summed E-state index contributed by atoms with van der Waals surface area (Å²) in [6, 6.07) is 31.9. The summed E-state index contributed by atoms with van der Waals surface area (Å²) in [6.07, 6.45) is 4.65. The maximum Gasteiger partial charge on any atom is 0.328 e. The Kier molecular flexibility index (Phi) is 18.2. The van der Waals surface area contributed by atoms with Crippen LogP contribution in [0.5, 0.6) is 0 Å². The van der Waals surface area contributed by atoms with Gasteiger partial charge in [0.05, 0.1) is 6.61 Å². The van der Waals surface area contributed by atoms with E-state index in [-0.39, 0.29) is 6.10 Å². The summed E-state index contributed by atoms with van der Waals surface area (Å²) in [4.78, 5) is 43.4. The van der Waals surface area contributed by atoms with E-state index >= 15 is 0 Å². The van der Waals surface area contributed by atoms with Crippen LogP contribution >= 0.6 is 0 Å². The second-order valence-electron chi connectivity index (χ2n) is 10.4. The zero-order chi connectivity index (χ0) is 34.3. The SMILES string of the molecule is O=C(O)/C=C\C(=O)O.O=C(O)/C=C\C(=O)O.c1ccc(CCCN2CCN(CCOC(c3ccccc3)c3ccccc3)CC2)cc1.